The molecule has 1 nitrogen and oxygen atoms in total. The zero-order valence-electron chi connectivity index (χ0n) is 12.9. The summed E-state index contributed by atoms with van der Waals surface area (Å²) in [6.45, 7) is 10.4. The molecule has 1 unspecified atom stereocenters. The third kappa shape index (κ3) is 4.58. The van der Waals surface area contributed by atoms with E-state index < -0.39 is 8.07 Å². The summed E-state index contributed by atoms with van der Waals surface area (Å²) in [6.07, 6.45) is 1.11. The second-order valence-electron chi connectivity index (χ2n) is 6.56. The summed E-state index contributed by atoms with van der Waals surface area (Å²) in [7, 11) is -1.16. The number of thiophene rings is 1. The first-order valence-corrected chi connectivity index (χ1v) is 11.7. The molecule has 0 fully saturated rings. The molecule has 0 radical (unpaired) electrons. The van der Waals surface area contributed by atoms with Crippen LogP contribution in [0.5, 0.6) is 0 Å². The van der Waals surface area contributed by atoms with E-state index in [4.69, 9.17) is 0 Å². The minimum atomic E-state index is -1.16. The van der Waals surface area contributed by atoms with Gasteiger partial charge in [-0.25, -0.2) is 0 Å². The zero-order chi connectivity index (χ0) is 14.6. The lowest BCUT2D eigenvalue weighted by Gasteiger charge is -2.17. The van der Waals surface area contributed by atoms with Gasteiger partial charge in [0, 0.05) is 12.6 Å². The first kappa shape index (κ1) is 15.5. The van der Waals surface area contributed by atoms with Crippen molar-refractivity contribution in [3.63, 3.8) is 0 Å². The number of benzene rings is 1. The minimum Gasteiger partial charge on any atom is -0.310 e. The van der Waals surface area contributed by atoms with E-state index in [1.165, 1.54) is 16.3 Å². The summed E-state index contributed by atoms with van der Waals surface area (Å²) >= 11 is 1.78. The molecule has 1 heterocycles. The fourth-order valence-corrected chi connectivity index (χ4v) is 4.10. The molecule has 1 aromatic carbocycles. The Morgan fingerprint density at radius 1 is 1.05 bits per heavy atom. The molecule has 2 rings (SSSR count). The fraction of sp³-hybridized carbons (Fsp3) is 0.412. The van der Waals surface area contributed by atoms with Crippen molar-refractivity contribution in [2.45, 2.75) is 45.6 Å². The predicted molar refractivity (Wildman–Crippen MR) is 93.7 cm³/mol. The Kier molecular flexibility index (Phi) is 5.19. The van der Waals surface area contributed by atoms with Crippen molar-refractivity contribution >= 4 is 24.6 Å². The number of rotatable bonds is 6. The summed E-state index contributed by atoms with van der Waals surface area (Å²) < 4.78 is 0. The summed E-state index contributed by atoms with van der Waals surface area (Å²) in [4.78, 5) is 0. The molecule has 0 amide bonds. The second-order valence-corrected chi connectivity index (χ2v) is 12.4. The maximum Gasteiger partial charge on any atom is 0.0775 e. The maximum atomic E-state index is 3.61. The van der Waals surface area contributed by atoms with Crippen LogP contribution in [0.1, 0.15) is 18.1 Å². The molecule has 0 aliphatic heterocycles. The fourth-order valence-electron chi connectivity index (χ4n) is 2.25. The number of hydrogen-bond donors (Lipinski definition) is 1. The van der Waals surface area contributed by atoms with E-state index in [1.807, 2.05) is 0 Å². The topological polar surface area (TPSA) is 12.0 Å². The highest BCUT2D eigenvalue weighted by Gasteiger charge is 2.15. The third-order valence-electron chi connectivity index (χ3n) is 3.60. The van der Waals surface area contributed by atoms with E-state index in [0.29, 0.717) is 6.04 Å². The van der Waals surface area contributed by atoms with E-state index >= 15 is 0 Å². The molecule has 3 heteroatoms. The molecule has 1 atom stereocenters. The van der Waals surface area contributed by atoms with E-state index in [0.717, 1.165) is 13.0 Å². The largest absolute Gasteiger partial charge is 0.310 e. The lowest BCUT2D eigenvalue weighted by Crippen LogP contribution is -2.37. The Labute approximate surface area is 128 Å². The average molecular weight is 304 g/mol. The molecule has 0 saturated carbocycles. The van der Waals surface area contributed by atoms with Crippen molar-refractivity contribution < 1.29 is 0 Å². The Bertz CT molecular complexity index is 511. The van der Waals surface area contributed by atoms with Gasteiger partial charge in [-0.15, -0.1) is 0 Å². The monoisotopic (exact) mass is 303 g/mol. The van der Waals surface area contributed by atoms with Gasteiger partial charge in [-0.3, -0.25) is 0 Å². The smallest absolute Gasteiger partial charge is 0.0775 e. The van der Waals surface area contributed by atoms with Gasteiger partial charge in [0.15, 0.2) is 0 Å². The van der Waals surface area contributed by atoms with E-state index in [-0.39, 0.29) is 0 Å². The van der Waals surface area contributed by atoms with Crippen LogP contribution in [0.15, 0.2) is 41.1 Å². The van der Waals surface area contributed by atoms with Gasteiger partial charge < -0.3 is 5.32 Å². The van der Waals surface area contributed by atoms with Crippen LogP contribution >= 0.6 is 11.3 Å². The predicted octanol–water partition coefficient (Wildman–Crippen LogP) is 4.01. The zero-order valence-corrected chi connectivity index (χ0v) is 14.8. The first-order valence-electron chi connectivity index (χ1n) is 7.29. The Balaban J connectivity index is 1.84. The normalized spacial score (nSPS) is 13.4. The van der Waals surface area contributed by atoms with E-state index in [9.17, 15) is 0 Å². The van der Waals surface area contributed by atoms with Crippen LogP contribution in [-0.4, -0.2) is 14.1 Å². The van der Waals surface area contributed by atoms with Crippen molar-refractivity contribution in [3.8, 4) is 0 Å². The quantitative estimate of drug-likeness (QED) is 0.795. The molecule has 0 aliphatic rings. The van der Waals surface area contributed by atoms with Crippen molar-refractivity contribution in [2.24, 2.45) is 0 Å². The molecular formula is C17H25NSSi. The van der Waals surface area contributed by atoms with Crippen LogP contribution < -0.4 is 10.5 Å². The summed E-state index contributed by atoms with van der Waals surface area (Å²) in [5.74, 6) is 0. The lowest BCUT2D eigenvalue weighted by molar-refractivity contribution is 0.546. The SMILES string of the molecule is CC(Cc1ccsc1)NCc1ccc([Si](C)(C)C)cc1. The highest BCUT2D eigenvalue weighted by atomic mass is 32.1. The third-order valence-corrected chi connectivity index (χ3v) is 6.39. The van der Waals surface area contributed by atoms with Gasteiger partial charge in [0.25, 0.3) is 0 Å². The Hall–Kier alpha value is -0.903. The van der Waals surface area contributed by atoms with Crippen LogP contribution in [0, 0.1) is 0 Å². The number of hydrogen-bond acceptors (Lipinski definition) is 2. The van der Waals surface area contributed by atoms with Crippen molar-refractivity contribution in [1.29, 1.82) is 0 Å². The molecule has 20 heavy (non-hydrogen) atoms. The van der Waals surface area contributed by atoms with Gasteiger partial charge in [-0.2, -0.15) is 11.3 Å². The van der Waals surface area contributed by atoms with Crippen molar-refractivity contribution in [3.05, 3.63) is 52.2 Å². The Morgan fingerprint density at radius 2 is 1.75 bits per heavy atom. The highest BCUT2D eigenvalue weighted by molar-refractivity contribution is 7.07. The van der Waals surface area contributed by atoms with Crippen LogP contribution in [0.2, 0.25) is 19.6 Å². The van der Waals surface area contributed by atoms with Gasteiger partial charge in [-0.1, -0.05) is 49.1 Å². The molecular weight excluding hydrogens is 278 g/mol. The Morgan fingerprint density at radius 3 is 2.30 bits per heavy atom. The van der Waals surface area contributed by atoms with Crippen LogP contribution in [0.3, 0.4) is 0 Å². The van der Waals surface area contributed by atoms with Gasteiger partial charge in [0.2, 0.25) is 0 Å². The second kappa shape index (κ2) is 6.70. The molecule has 0 aliphatic carbocycles. The average Bonchev–Trinajstić information content (AvgIpc) is 2.88. The van der Waals surface area contributed by atoms with Gasteiger partial charge in [0.05, 0.1) is 8.07 Å². The lowest BCUT2D eigenvalue weighted by atomic mass is 10.1. The van der Waals surface area contributed by atoms with Crippen molar-refractivity contribution in [2.75, 3.05) is 0 Å². The molecule has 1 aromatic heterocycles. The molecule has 108 valence electrons. The maximum absolute atomic E-state index is 3.61. The van der Waals surface area contributed by atoms with Gasteiger partial charge >= 0.3 is 0 Å². The van der Waals surface area contributed by atoms with E-state index in [1.54, 1.807) is 11.3 Å². The van der Waals surface area contributed by atoms with Crippen LogP contribution in [0.4, 0.5) is 0 Å². The highest BCUT2D eigenvalue weighted by Crippen LogP contribution is 2.09. The molecule has 0 saturated heterocycles. The summed E-state index contributed by atoms with van der Waals surface area (Å²) in [5, 5.41) is 9.53. The van der Waals surface area contributed by atoms with Gasteiger partial charge in [-0.05, 0) is 41.3 Å². The summed E-state index contributed by atoms with van der Waals surface area (Å²) in [6, 6.07) is 11.9. The van der Waals surface area contributed by atoms with E-state index in [2.05, 4.69) is 73.0 Å². The summed E-state index contributed by atoms with van der Waals surface area (Å²) in [5.41, 5.74) is 2.81. The molecule has 1 N–H and O–H groups in total. The van der Waals surface area contributed by atoms with Gasteiger partial charge in [0.1, 0.15) is 0 Å². The molecule has 0 bridgehead atoms. The minimum absolute atomic E-state index is 0.515. The number of nitrogens with one attached hydrogen (secondary N) is 1. The molecule has 2 aromatic rings. The van der Waals surface area contributed by atoms with Crippen molar-refractivity contribution in [1.82, 2.24) is 5.32 Å². The van der Waals surface area contributed by atoms with Crippen LogP contribution in [0.25, 0.3) is 0 Å². The van der Waals surface area contributed by atoms with Crippen LogP contribution in [-0.2, 0) is 13.0 Å². The molecule has 0 spiro atoms. The first-order chi connectivity index (χ1) is 9.45. The standard InChI is InChI=1S/C17H25NSSi/c1-14(11-16-9-10-19-13-16)18-12-15-5-7-17(8-6-15)20(2,3)4/h5-10,13-14,18H,11-12H2,1-4H3.